The molecule has 0 fully saturated rings. The Morgan fingerprint density at radius 3 is 2.95 bits per heavy atom. The SMILES string of the molecule is Cc1cc(NC(=O)CSc2nnc(NCC(C)C)s2)no1. The Bertz CT molecular complexity index is 596. The Balaban J connectivity index is 1.76. The van der Waals surface area contributed by atoms with Gasteiger partial charge in [0.2, 0.25) is 11.0 Å². The van der Waals surface area contributed by atoms with E-state index in [1.165, 1.54) is 23.1 Å². The van der Waals surface area contributed by atoms with E-state index in [1.807, 2.05) is 0 Å². The van der Waals surface area contributed by atoms with E-state index >= 15 is 0 Å². The van der Waals surface area contributed by atoms with Crippen LogP contribution in [0.15, 0.2) is 14.9 Å². The molecular formula is C12H17N5O2S2. The van der Waals surface area contributed by atoms with Crippen molar-refractivity contribution in [2.24, 2.45) is 5.92 Å². The van der Waals surface area contributed by atoms with E-state index in [2.05, 4.69) is 39.8 Å². The Morgan fingerprint density at radius 2 is 2.29 bits per heavy atom. The molecule has 0 radical (unpaired) electrons. The second-order valence-corrected chi connectivity index (χ2v) is 7.01. The molecule has 2 N–H and O–H groups in total. The molecule has 1 amide bonds. The first kappa shape index (κ1) is 15.8. The van der Waals surface area contributed by atoms with E-state index in [0.29, 0.717) is 17.5 Å². The lowest BCUT2D eigenvalue weighted by atomic mass is 10.2. The number of hydrogen-bond acceptors (Lipinski definition) is 8. The highest BCUT2D eigenvalue weighted by Crippen LogP contribution is 2.25. The first-order valence-electron chi connectivity index (χ1n) is 6.46. The van der Waals surface area contributed by atoms with Crippen molar-refractivity contribution >= 4 is 40.0 Å². The normalized spacial score (nSPS) is 10.9. The third kappa shape index (κ3) is 5.35. The Hall–Kier alpha value is -1.61. The summed E-state index contributed by atoms with van der Waals surface area (Å²) >= 11 is 2.79. The standard InChI is InChI=1S/C12H17N5O2S2/c1-7(2)5-13-11-15-16-12(21-11)20-6-10(18)14-9-4-8(3)19-17-9/h4,7H,5-6H2,1-3H3,(H,13,15)(H,14,17,18). The number of rotatable bonds is 7. The first-order valence-corrected chi connectivity index (χ1v) is 8.26. The number of aromatic nitrogens is 3. The van der Waals surface area contributed by atoms with Crippen molar-refractivity contribution in [1.82, 2.24) is 15.4 Å². The minimum Gasteiger partial charge on any atom is -0.360 e. The van der Waals surface area contributed by atoms with Crippen LogP contribution in [0.5, 0.6) is 0 Å². The van der Waals surface area contributed by atoms with Crippen molar-refractivity contribution in [3.63, 3.8) is 0 Å². The van der Waals surface area contributed by atoms with Crippen LogP contribution in [-0.2, 0) is 4.79 Å². The zero-order valence-corrected chi connectivity index (χ0v) is 13.7. The lowest BCUT2D eigenvalue weighted by Crippen LogP contribution is -2.14. The summed E-state index contributed by atoms with van der Waals surface area (Å²) in [6.07, 6.45) is 0. The molecule has 0 saturated heterocycles. The number of carbonyl (C=O) groups excluding carboxylic acids is 1. The number of anilines is 2. The van der Waals surface area contributed by atoms with Gasteiger partial charge < -0.3 is 15.2 Å². The van der Waals surface area contributed by atoms with Gasteiger partial charge in [0.15, 0.2) is 10.2 Å². The quantitative estimate of drug-likeness (QED) is 0.755. The summed E-state index contributed by atoms with van der Waals surface area (Å²) in [5, 5.41) is 18.4. The summed E-state index contributed by atoms with van der Waals surface area (Å²) in [6.45, 7) is 6.87. The molecule has 21 heavy (non-hydrogen) atoms. The molecule has 0 aliphatic carbocycles. The molecule has 114 valence electrons. The number of hydrogen-bond donors (Lipinski definition) is 2. The maximum Gasteiger partial charge on any atom is 0.236 e. The van der Waals surface area contributed by atoms with Gasteiger partial charge in [0, 0.05) is 12.6 Å². The number of nitrogens with one attached hydrogen (secondary N) is 2. The van der Waals surface area contributed by atoms with Crippen molar-refractivity contribution < 1.29 is 9.32 Å². The summed E-state index contributed by atoms with van der Waals surface area (Å²) in [4.78, 5) is 11.7. The van der Waals surface area contributed by atoms with Crippen LogP contribution < -0.4 is 10.6 Å². The molecule has 7 nitrogen and oxygen atoms in total. The number of carbonyl (C=O) groups is 1. The molecule has 0 saturated carbocycles. The molecule has 2 heterocycles. The van der Waals surface area contributed by atoms with Crippen LogP contribution in [-0.4, -0.2) is 33.6 Å². The monoisotopic (exact) mass is 327 g/mol. The fourth-order valence-electron chi connectivity index (χ4n) is 1.36. The highest BCUT2D eigenvalue weighted by atomic mass is 32.2. The van der Waals surface area contributed by atoms with Gasteiger partial charge in [0.25, 0.3) is 0 Å². The van der Waals surface area contributed by atoms with Crippen LogP contribution in [0, 0.1) is 12.8 Å². The van der Waals surface area contributed by atoms with E-state index in [0.717, 1.165) is 16.0 Å². The zero-order chi connectivity index (χ0) is 15.2. The Morgan fingerprint density at radius 1 is 1.48 bits per heavy atom. The van der Waals surface area contributed by atoms with Gasteiger partial charge >= 0.3 is 0 Å². The Labute approximate surface area is 130 Å². The first-order chi connectivity index (χ1) is 10.0. The predicted molar refractivity (Wildman–Crippen MR) is 83.8 cm³/mol. The minimum absolute atomic E-state index is 0.153. The predicted octanol–water partition coefficient (Wildman–Crippen LogP) is 2.63. The van der Waals surface area contributed by atoms with E-state index in [9.17, 15) is 4.79 Å². The second kappa shape index (κ2) is 7.41. The van der Waals surface area contributed by atoms with Gasteiger partial charge in [-0.3, -0.25) is 4.79 Å². The molecule has 9 heteroatoms. The molecule has 0 unspecified atom stereocenters. The van der Waals surface area contributed by atoms with E-state index in [4.69, 9.17) is 4.52 Å². The average molecular weight is 327 g/mol. The van der Waals surface area contributed by atoms with Crippen LogP contribution in [0.4, 0.5) is 10.9 Å². The fourth-order valence-corrected chi connectivity index (χ4v) is 2.92. The number of aryl methyl sites for hydroxylation is 1. The molecule has 0 aliphatic rings. The van der Waals surface area contributed by atoms with Crippen LogP contribution in [0.2, 0.25) is 0 Å². The van der Waals surface area contributed by atoms with Crippen LogP contribution in [0.1, 0.15) is 19.6 Å². The van der Waals surface area contributed by atoms with Crippen molar-refractivity contribution in [3.8, 4) is 0 Å². The summed E-state index contributed by atoms with van der Waals surface area (Å²) in [7, 11) is 0. The molecule has 0 atom stereocenters. The zero-order valence-electron chi connectivity index (χ0n) is 12.0. The summed E-state index contributed by atoms with van der Waals surface area (Å²) in [5.41, 5.74) is 0. The fraction of sp³-hybridized carbons (Fsp3) is 0.500. The summed E-state index contributed by atoms with van der Waals surface area (Å²) < 4.78 is 5.63. The van der Waals surface area contributed by atoms with Gasteiger partial charge in [-0.25, -0.2) is 0 Å². The van der Waals surface area contributed by atoms with Crippen molar-refractivity contribution in [3.05, 3.63) is 11.8 Å². The lowest BCUT2D eigenvalue weighted by molar-refractivity contribution is -0.113. The highest BCUT2D eigenvalue weighted by Gasteiger charge is 2.10. The maximum atomic E-state index is 11.7. The van der Waals surface area contributed by atoms with Crippen LogP contribution >= 0.6 is 23.1 Å². The molecule has 2 rings (SSSR count). The number of thioether (sulfide) groups is 1. The van der Waals surface area contributed by atoms with Gasteiger partial charge in [-0.1, -0.05) is 42.1 Å². The van der Waals surface area contributed by atoms with Crippen LogP contribution in [0.3, 0.4) is 0 Å². The molecule has 2 aromatic rings. The van der Waals surface area contributed by atoms with E-state index in [-0.39, 0.29) is 11.7 Å². The molecular weight excluding hydrogens is 310 g/mol. The van der Waals surface area contributed by atoms with Gasteiger partial charge in [0.05, 0.1) is 5.75 Å². The topological polar surface area (TPSA) is 92.9 Å². The molecule has 0 aliphatic heterocycles. The molecule has 0 aromatic carbocycles. The molecule has 2 aromatic heterocycles. The smallest absolute Gasteiger partial charge is 0.236 e. The van der Waals surface area contributed by atoms with Crippen LogP contribution in [0.25, 0.3) is 0 Å². The average Bonchev–Trinajstić information content (AvgIpc) is 3.03. The number of amides is 1. The Kier molecular flexibility index (Phi) is 5.57. The van der Waals surface area contributed by atoms with E-state index < -0.39 is 0 Å². The van der Waals surface area contributed by atoms with Crippen molar-refractivity contribution in [2.75, 3.05) is 22.9 Å². The van der Waals surface area contributed by atoms with Gasteiger partial charge in [-0.05, 0) is 12.8 Å². The van der Waals surface area contributed by atoms with E-state index in [1.54, 1.807) is 13.0 Å². The third-order valence-corrected chi connectivity index (χ3v) is 4.30. The lowest BCUT2D eigenvalue weighted by Gasteiger charge is -2.03. The largest absolute Gasteiger partial charge is 0.360 e. The summed E-state index contributed by atoms with van der Waals surface area (Å²) in [5.74, 6) is 1.73. The molecule has 0 bridgehead atoms. The summed E-state index contributed by atoms with van der Waals surface area (Å²) in [6, 6.07) is 1.67. The van der Waals surface area contributed by atoms with Gasteiger partial charge in [0.1, 0.15) is 5.76 Å². The van der Waals surface area contributed by atoms with Gasteiger partial charge in [-0.15, -0.1) is 10.2 Å². The second-order valence-electron chi connectivity index (χ2n) is 4.81. The maximum absolute atomic E-state index is 11.7. The third-order valence-electron chi connectivity index (χ3n) is 2.29. The minimum atomic E-state index is -0.153. The van der Waals surface area contributed by atoms with Crippen molar-refractivity contribution in [2.45, 2.75) is 25.1 Å². The molecule has 0 spiro atoms. The number of nitrogens with zero attached hydrogens (tertiary/aromatic N) is 3. The van der Waals surface area contributed by atoms with Crippen molar-refractivity contribution in [1.29, 1.82) is 0 Å². The van der Waals surface area contributed by atoms with Gasteiger partial charge in [-0.2, -0.15) is 0 Å². The highest BCUT2D eigenvalue weighted by molar-refractivity contribution is 8.01.